The number of halogens is 2. The van der Waals surface area contributed by atoms with Gasteiger partial charge in [-0.3, -0.25) is 0 Å². The van der Waals surface area contributed by atoms with Crippen molar-refractivity contribution in [2.24, 2.45) is 5.73 Å². The van der Waals surface area contributed by atoms with Crippen LogP contribution in [-0.2, 0) is 6.54 Å². The van der Waals surface area contributed by atoms with Crippen molar-refractivity contribution in [3.8, 4) is 5.75 Å². The largest absolute Gasteiger partial charge is 0.434 e. The highest BCUT2D eigenvalue weighted by molar-refractivity contribution is 5.33. The molecule has 3 N–H and O–H groups in total. The van der Waals surface area contributed by atoms with Crippen molar-refractivity contribution < 1.29 is 13.5 Å². The third-order valence-electron chi connectivity index (χ3n) is 3.54. The van der Waals surface area contributed by atoms with Gasteiger partial charge in [-0.2, -0.15) is 8.78 Å². The van der Waals surface area contributed by atoms with Gasteiger partial charge in [0.15, 0.2) is 0 Å². The van der Waals surface area contributed by atoms with Gasteiger partial charge in [0.2, 0.25) is 0 Å². The van der Waals surface area contributed by atoms with E-state index in [4.69, 9.17) is 5.73 Å². The second-order valence-corrected chi connectivity index (χ2v) is 4.98. The molecule has 1 saturated carbocycles. The average molecular weight is 270 g/mol. The Bertz CT molecular complexity index is 393. The van der Waals surface area contributed by atoms with Gasteiger partial charge in [-0.1, -0.05) is 18.2 Å². The van der Waals surface area contributed by atoms with E-state index in [1.165, 1.54) is 0 Å². The molecule has 0 unspecified atom stereocenters. The van der Waals surface area contributed by atoms with Crippen molar-refractivity contribution in [1.29, 1.82) is 0 Å². The molecule has 0 amide bonds. The van der Waals surface area contributed by atoms with E-state index in [-0.39, 0.29) is 5.75 Å². The molecule has 1 fully saturated rings. The second-order valence-electron chi connectivity index (χ2n) is 4.98. The molecule has 0 bridgehead atoms. The first kappa shape index (κ1) is 14.2. The lowest BCUT2D eigenvalue weighted by molar-refractivity contribution is -0.0505. The summed E-state index contributed by atoms with van der Waals surface area (Å²) in [5.41, 5.74) is 6.61. The molecule has 3 nitrogen and oxygen atoms in total. The minimum atomic E-state index is -2.78. The summed E-state index contributed by atoms with van der Waals surface area (Å²) in [6.07, 6.45) is 4.12. The number of para-hydroxylation sites is 1. The zero-order valence-electron chi connectivity index (χ0n) is 10.8. The molecule has 0 aliphatic heterocycles. The Morgan fingerprint density at radius 1 is 1.21 bits per heavy atom. The van der Waals surface area contributed by atoms with Crippen LogP contribution in [0.2, 0.25) is 0 Å². The summed E-state index contributed by atoms with van der Waals surface area (Å²) in [4.78, 5) is 0. The van der Waals surface area contributed by atoms with Crippen LogP contribution in [0.5, 0.6) is 5.75 Å². The van der Waals surface area contributed by atoms with E-state index in [2.05, 4.69) is 10.1 Å². The molecule has 0 heterocycles. The van der Waals surface area contributed by atoms with E-state index < -0.39 is 6.61 Å². The number of nitrogens with two attached hydrogens (primary N) is 1. The molecule has 0 aromatic heterocycles. The zero-order valence-corrected chi connectivity index (χ0v) is 10.8. The van der Waals surface area contributed by atoms with Gasteiger partial charge in [0, 0.05) is 24.2 Å². The molecule has 19 heavy (non-hydrogen) atoms. The Balaban J connectivity index is 1.88. The van der Waals surface area contributed by atoms with Crippen LogP contribution in [0.3, 0.4) is 0 Å². The molecule has 0 saturated heterocycles. The van der Waals surface area contributed by atoms with E-state index in [0.717, 1.165) is 31.2 Å². The highest BCUT2D eigenvalue weighted by Crippen LogP contribution is 2.22. The predicted molar refractivity (Wildman–Crippen MR) is 70.1 cm³/mol. The Labute approximate surface area is 112 Å². The molecule has 5 heteroatoms. The number of alkyl halides is 2. The standard InChI is InChI=1S/C14H20F2N2O/c15-14(16)19-13-4-2-1-3-10(13)9-18-12-7-5-11(17)6-8-12/h1-4,11-12,14,18H,5-9,17H2. The number of benzene rings is 1. The summed E-state index contributed by atoms with van der Waals surface area (Å²) >= 11 is 0. The fraction of sp³-hybridized carbons (Fsp3) is 0.571. The van der Waals surface area contributed by atoms with Gasteiger partial charge < -0.3 is 15.8 Å². The second kappa shape index (κ2) is 6.82. The van der Waals surface area contributed by atoms with Gasteiger partial charge >= 0.3 is 6.61 Å². The maximum Gasteiger partial charge on any atom is 0.387 e. The normalized spacial score (nSPS) is 23.6. The fourth-order valence-corrected chi connectivity index (χ4v) is 2.44. The van der Waals surface area contributed by atoms with Crippen molar-refractivity contribution in [2.75, 3.05) is 0 Å². The van der Waals surface area contributed by atoms with E-state index in [0.29, 0.717) is 18.6 Å². The van der Waals surface area contributed by atoms with Crippen LogP contribution >= 0.6 is 0 Å². The van der Waals surface area contributed by atoms with Gasteiger partial charge in [-0.15, -0.1) is 0 Å². The van der Waals surface area contributed by atoms with Crippen molar-refractivity contribution in [3.63, 3.8) is 0 Å². The molecular weight excluding hydrogens is 250 g/mol. The molecule has 0 radical (unpaired) electrons. The van der Waals surface area contributed by atoms with Gasteiger partial charge in [0.05, 0.1) is 0 Å². The molecule has 2 rings (SSSR count). The highest BCUT2D eigenvalue weighted by atomic mass is 19.3. The van der Waals surface area contributed by atoms with Crippen LogP contribution in [-0.4, -0.2) is 18.7 Å². The molecule has 106 valence electrons. The summed E-state index contributed by atoms with van der Waals surface area (Å²) in [5, 5.41) is 3.39. The van der Waals surface area contributed by atoms with Gasteiger partial charge in [-0.05, 0) is 31.7 Å². The van der Waals surface area contributed by atoms with E-state index in [1.54, 1.807) is 18.2 Å². The van der Waals surface area contributed by atoms with Crippen molar-refractivity contribution in [1.82, 2.24) is 5.32 Å². The summed E-state index contributed by atoms with van der Waals surface area (Å²) < 4.78 is 29.1. The average Bonchev–Trinajstić information content (AvgIpc) is 2.39. The van der Waals surface area contributed by atoms with Crippen LogP contribution in [0.15, 0.2) is 24.3 Å². The summed E-state index contributed by atoms with van der Waals surface area (Å²) in [7, 11) is 0. The first-order valence-corrected chi connectivity index (χ1v) is 6.67. The molecule has 1 aliphatic rings. The Hall–Kier alpha value is -1.20. The third kappa shape index (κ3) is 4.44. The minimum Gasteiger partial charge on any atom is -0.434 e. The third-order valence-corrected chi connectivity index (χ3v) is 3.54. The highest BCUT2D eigenvalue weighted by Gasteiger charge is 2.18. The Morgan fingerprint density at radius 2 is 1.89 bits per heavy atom. The Morgan fingerprint density at radius 3 is 2.58 bits per heavy atom. The maximum atomic E-state index is 12.3. The number of nitrogens with one attached hydrogen (secondary N) is 1. The predicted octanol–water partition coefficient (Wildman–Crippen LogP) is 2.65. The van der Waals surface area contributed by atoms with Crippen LogP contribution in [0.1, 0.15) is 31.2 Å². The topological polar surface area (TPSA) is 47.3 Å². The quantitative estimate of drug-likeness (QED) is 0.864. The summed E-state index contributed by atoms with van der Waals surface area (Å²) in [6.45, 7) is -2.24. The number of ether oxygens (including phenoxy) is 1. The molecule has 0 atom stereocenters. The SMILES string of the molecule is NC1CCC(NCc2ccccc2OC(F)F)CC1. The van der Waals surface area contributed by atoms with Crippen LogP contribution < -0.4 is 15.8 Å². The van der Waals surface area contributed by atoms with Crippen molar-refractivity contribution in [2.45, 2.75) is 50.9 Å². The van der Waals surface area contributed by atoms with Crippen LogP contribution in [0, 0.1) is 0 Å². The molecule has 0 spiro atoms. The lowest BCUT2D eigenvalue weighted by Crippen LogP contribution is -2.37. The monoisotopic (exact) mass is 270 g/mol. The van der Waals surface area contributed by atoms with E-state index in [9.17, 15) is 8.78 Å². The summed E-state index contributed by atoms with van der Waals surface area (Å²) in [5.74, 6) is 0.248. The van der Waals surface area contributed by atoms with E-state index >= 15 is 0 Å². The summed E-state index contributed by atoms with van der Waals surface area (Å²) in [6, 6.07) is 7.62. The number of hydrogen-bond donors (Lipinski definition) is 2. The molecular formula is C14H20F2N2O. The smallest absolute Gasteiger partial charge is 0.387 e. The van der Waals surface area contributed by atoms with Gasteiger partial charge in [0.25, 0.3) is 0 Å². The minimum absolute atomic E-state index is 0.248. The van der Waals surface area contributed by atoms with Crippen molar-refractivity contribution >= 4 is 0 Å². The lowest BCUT2D eigenvalue weighted by atomic mass is 9.92. The van der Waals surface area contributed by atoms with Crippen LogP contribution in [0.25, 0.3) is 0 Å². The first-order chi connectivity index (χ1) is 9.15. The van der Waals surface area contributed by atoms with Crippen molar-refractivity contribution in [3.05, 3.63) is 29.8 Å². The number of rotatable bonds is 5. The van der Waals surface area contributed by atoms with Crippen LogP contribution in [0.4, 0.5) is 8.78 Å². The first-order valence-electron chi connectivity index (χ1n) is 6.67. The Kier molecular flexibility index (Phi) is 5.10. The van der Waals surface area contributed by atoms with E-state index in [1.807, 2.05) is 6.07 Å². The fourth-order valence-electron chi connectivity index (χ4n) is 2.44. The molecule has 1 aromatic carbocycles. The molecule has 1 aromatic rings. The molecule has 1 aliphatic carbocycles. The van der Waals surface area contributed by atoms with Gasteiger partial charge in [-0.25, -0.2) is 0 Å². The van der Waals surface area contributed by atoms with Gasteiger partial charge in [0.1, 0.15) is 5.75 Å². The maximum absolute atomic E-state index is 12.3. The lowest BCUT2D eigenvalue weighted by Gasteiger charge is -2.27. The number of hydrogen-bond acceptors (Lipinski definition) is 3. The zero-order chi connectivity index (χ0) is 13.7.